The largest absolute Gasteiger partial charge is 0.497 e. The molecule has 4 aromatic carbocycles. The van der Waals surface area contributed by atoms with Crippen LogP contribution in [0.3, 0.4) is 0 Å². The molecule has 1 heterocycles. The van der Waals surface area contributed by atoms with E-state index in [4.69, 9.17) is 16.3 Å². The van der Waals surface area contributed by atoms with Gasteiger partial charge in [0.1, 0.15) is 5.75 Å². The number of ketones is 2. The first kappa shape index (κ1) is 24.3. The van der Waals surface area contributed by atoms with Crippen LogP contribution >= 0.6 is 11.6 Å². The fourth-order valence-electron chi connectivity index (χ4n) is 4.46. The zero-order valence-corrected chi connectivity index (χ0v) is 20.9. The van der Waals surface area contributed by atoms with Gasteiger partial charge >= 0.3 is 0 Å². The number of rotatable bonds is 7. The summed E-state index contributed by atoms with van der Waals surface area (Å²) in [5.74, 6) is -0.155. The highest BCUT2D eigenvalue weighted by Gasteiger charge is 2.35. The van der Waals surface area contributed by atoms with Crippen molar-refractivity contribution in [2.45, 2.75) is 5.92 Å². The number of halogens is 1. The normalized spacial score (nSPS) is 13.5. The smallest absolute Gasteiger partial charge is 0.191 e. The van der Waals surface area contributed by atoms with Gasteiger partial charge in [-0.15, -0.1) is 0 Å². The highest BCUT2D eigenvalue weighted by molar-refractivity contribution is 6.30. The van der Waals surface area contributed by atoms with Crippen LogP contribution in [0.15, 0.2) is 133 Å². The molecule has 1 aliphatic heterocycles. The minimum atomic E-state index is -0.577. The molecule has 1 aliphatic rings. The van der Waals surface area contributed by atoms with Gasteiger partial charge in [-0.3, -0.25) is 9.59 Å². The van der Waals surface area contributed by atoms with E-state index in [9.17, 15) is 9.59 Å². The van der Waals surface area contributed by atoms with E-state index in [1.54, 1.807) is 43.5 Å². The van der Waals surface area contributed by atoms with Crippen LogP contribution in [-0.4, -0.2) is 18.7 Å². The highest BCUT2D eigenvalue weighted by Crippen LogP contribution is 2.40. The molecule has 0 atom stereocenters. The van der Waals surface area contributed by atoms with Gasteiger partial charge in [0.15, 0.2) is 11.6 Å². The van der Waals surface area contributed by atoms with E-state index in [1.807, 2.05) is 90.1 Å². The first-order chi connectivity index (χ1) is 18.0. The molecule has 0 spiro atoms. The maximum atomic E-state index is 14.0. The Balaban J connectivity index is 1.70. The van der Waals surface area contributed by atoms with Crippen molar-refractivity contribution < 1.29 is 14.3 Å². The second-order valence-electron chi connectivity index (χ2n) is 8.65. The predicted octanol–water partition coefficient (Wildman–Crippen LogP) is 7.49. The summed E-state index contributed by atoms with van der Waals surface area (Å²) in [5.41, 5.74) is 3.70. The molecule has 0 unspecified atom stereocenters. The van der Waals surface area contributed by atoms with Gasteiger partial charge in [-0.2, -0.15) is 0 Å². The molecule has 5 rings (SSSR count). The standard InChI is InChI=1S/C32H24ClNO3/c1-37-27-18-16-26(17-19-27)34-20-28(31(35)23-8-4-2-5-9-23)30(22-12-14-25(33)15-13-22)29(21-34)32(36)24-10-6-3-7-11-24/h2-21,30H,1H3. The average molecular weight is 506 g/mol. The van der Waals surface area contributed by atoms with Crippen LogP contribution in [0.4, 0.5) is 5.69 Å². The SMILES string of the molecule is COc1ccc(N2C=C(C(=O)c3ccccc3)C(c3ccc(Cl)cc3)C(C(=O)c3ccccc3)=C2)cc1. The number of Topliss-reactive ketones (excluding diaryl/α,β-unsaturated/α-hetero) is 2. The predicted molar refractivity (Wildman–Crippen MR) is 147 cm³/mol. The Hall–Kier alpha value is -4.41. The van der Waals surface area contributed by atoms with E-state index in [1.165, 1.54) is 0 Å². The second-order valence-corrected chi connectivity index (χ2v) is 9.09. The number of methoxy groups -OCH3 is 1. The Morgan fingerprint density at radius 1 is 0.676 bits per heavy atom. The summed E-state index contributed by atoms with van der Waals surface area (Å²) < 4.78 is 5.31. The highest BCUT2D eigenvalue weighted by atomic mass is 35.5. The van der Waals surface area contributed by atoms with Crippen LogP contribution < -0.4 is 9.64 Å². The minimum Gasteiger partial charge on any atom is -0.497 e. The van der Waals surface area contributed by atoms with Crippen molar-refractivity contribution >= 4 is 28.9 Å². The van der Waals surface area contributed by atoms with Gasteiger partial charge in [-0.1, -0.05) is 84.4 Å². The number of nitrogens with zero attached hydrogens (tertiary/aromatic N) is 1. The summed E-state index contributed by atoms with van der Waals surface area (Å²) in [6.45, 7) is 0. The fraction of sp³-hybridized carbons (Fsp3) is 0.0625. The Kier molecular flexibility index (Phi) is 7.02. The lowest BCUT2D eigenvalue weighted by Gasteiger charge is -2.31. The molecule has 37 heavy (non-hydrogen) atoms. The molecule has 0 fully saturated rings. The van der Waals surface area contributed by atoms with E-state index in [2.05, 4.69) is 0 Å². The van der Waals surface area contributed by atoms with Crippen LogP contribution in [-0.2, 0) is 0 Å². The van der Waals surface area contributed by atoms with Gasteiger partial charge in [-0.25, -0.2) is 0 Å². The van der Waals surface area contributed by atoms with Gasteiger partial charge in [0.05, 0.1) is 7.11 Å². The lowest BCUT2D eigenvalue weighted by Crippen LogP contribution is -2.28. The van der Waals surface area contributed by atoms with E-state index >= 15 is 0 Å². The molecule has 0 radical (unpaired) electrons. The number of benzene rings is 4. The van der Waals surface area contributed by atoms with E-state index in [0.717, 1.165) is 11.3 Å². The maximum Gasteiger partial charge on any atom is 0.191 e. The lowest BCUT2D eigenvalue weighted by atomic mass is 9.77. The van der Waals surface area contributed by atoms with Crippen LogP contribution in [0.5, 0.6) is 5.75 Å². The Labute approximate surface area is 221 Å². The van der Waals surface area contributed by atoms with E-state index in [-0.39, 0.29) is 11.6 Å². The number of anilines is 1. The van der Waals surface area contributed by atoms with Gasteiger partial charge in [0.25, 0.3) is 0 Å². The van der Waals surface area contributed by atoms with E-state index < -0.39 is 5.92 Å². The van der Waals surface area contributed by atoms with Crippen molar-refractivity contribution in [3.05, 3.63) is 154 Å². The van der Waals surface area contributed by atoms with E-state index in [0.29, 0.717) is 33.0 Å². The molecule has 0 amide bonds. The molecule has 182 valence electrons. The van der Waals surface area contributed by atoms with Gasteiger partial charge < -0.3 is 9.64 Å². The first-order valence-corrected chi connectivity index (χ1v) is 12.2. The van der Waals surface area contributed by atoms with Crippen LogP contribution in [0.2, 0.25) is 5.02 Å². The molecule has 5 heteroatoms. The van der Waals surface area contributed by atoms with Crippen molar-refractivity contribution in [2.24, 2.45) is 0 Å². The average Bonchev–Trinajstić information content (AvgIpc) is 2.97. The minimum absolute atomic E-state index is 0.148. The van der Waals surface area contributed by atoms with Gasteiger partial charge in [-0.05, 0) is 42.0 Å². The summed E-state index contributed by atoms with van der Waals surface area (Å²) >= 11 is 6.19. The van der Waals surface area contributed by atoms with Crippen molar-refractivity contribution in [2.75, 3.05) is 12.0 Å². The van der Waals surface area contributed by atoms with Crippen molar-refractivity contribution in [1.29, 1.82) is 0 Å². The van der Waals surface area contributed by atoms with Crippen LogP contribution in [0.1, 0.15) is 32.2 Å². The van der Waals surface area contributed by atoms with Crippen molar-refractivity contribution in [3.63, 3.8) is 0 Å². The third kappa shape index (κ3) is 5.11. The monoisotopic (exact) mass is 505 g/mol. The quantitative estimate of drug-likeness (QED) is 0.244. The Bertz CT molecular complexity index is 1410. The van der Waals surface area contributed by atoms with Crippen LogP contribution in [0.25, 0.3) is 0 Å². The maximum absolute atomic E-state index is 14.0. The zero-order valence-electron chi connectivity index (χ0n) is 20.2. The lowest BCUT2D eigenvalue weighted by molar-refractivity contribution is 0.101. The third-order valence-corrected chi connectivity index (χ3v) is 6.60. The summed E-state index contributed by atoms with van der Waals surface area (Å²) in [7, 11) is 1.61. The molecule has 0 N–H and O–H groups in total. The molecule has 0 aromatic heterocycles. The fourth-order valence-corrected chi connectivity index (χ4v) is 4.59. The molecular formula is C32H24ClNO3. The topological polar surface area (TPSA) is 46.6 Å². The number of carbonyl (C=O) groups is 2. The van der Waals surface area contributed by atoms with Crippen LogP contribution in [0, 0.1) is 0 Å². The molecule has 0 saturated carbocycles. The number of carbonyl (C=O) groups excluding carboxylic acids is 2. The number of allylic oxidation sites excluding steroid dienone is 2. The van der Waals surface area contributed by atoms with Crippen molar-refractivity contribution in [1.82, 2.24) is 0 Å². The molecular weight excluding hydrogens is 482 g/mol. The Morgan fingerprint density at radius 2 is 1.16 bits per heavy atom. The number of hydrogen-bond donors (Lipinski definition) is 0. The molecule has 4 aromatic rings. The molecule has 0 aliphatic carbocycles. The summed E-state index contributed by atoms with van der Waals surface area (Å²) in [6.07, 6.45) is 3.64. The number of ether oxygens (including phenoxy) is 1. The second kappa shape index (κ2) is 10.7. The van der Waals surface area contributed by atoms with Crippen molar-refractivity contribution in [3.8, 4) is 5.75 Å². The van der Waals surface area contributed by atoms with Gasteiger partial charge in [0, 0.05) is 51.3 Å². The summed E-state index contributed by atoms with van der Waals surface area (Å²) in [4.78, 5) is 29.7. The first-order valence-electron chi connectivity index (χ1n) is 11.9. The molecule has 4 nitrogen and oxygen atoms in total. The Morgan fingerprint density at radius 3 is 1.62 bits per heavy atom. The molecule has 0 bridgehead atoms. The number of hydrogen-bond acceptors (Lipinski definition) is 4. The summed E-state index contributed by atoms with van der Waals surface area (Å²) in [6, 6.07) is 33.0. The molecule has 0 saturated heterocycles. The summed E-state index contributed by atoms with van der Waals surface area (Å²) in [5, 5.41) is 0.583. The zero-order chi connectivity index (χ0) is 25.8. The van der Waals surface area contributed by atoms with Gasteiger partial charge in [0.2, 0.25) is 0 Å². The third-order valence-electron chi connectivity index (χ3n) is 6.35.